The molecule has 0 heterocycles. The van der Waals surface area contributed by atoms with Crippen LogP contribution in [0.3, 0.4) is 0 Å². The van der Waals surface area contributed by atoms with Gasteiger partial charge in [-0.3, -0.25) is 14.6 Å². The lowest BCUT2D eigenvalue weighted by Gasteiger charge is -2.32. The van der Waals surface area contributed by atoms with Gasteiger partial charge in [0.25, 0.3) is 8.53 Å². The monoisotopic (exact) mass is 677 g/mol. The average molecular weight is 678 g/mol. The second-order valence-electron chi connectivity index (χ2n) is 7.53. The molecule has 0 aromatic rings. The predicted octanol–water partition coefficient (Wildman–Crippen LogP) is 4.04. The van der Waals surface area contributed by atoms with E-state index in [-0.39, 0.29) is 24.6 Å². The van der Waals surface area contributed by atoms with Crippen LogP contribution in [-0.4, -0.2) is 84.7 Å². The van der Waals surface area contributed by atoms with E-state index in [0.29, 0.717) is 38.2 Å². The summed E-state index contributed by atoms with van der Waals surface area (Å²) in [5.74, 6) is 0.109. The second kappa shape index (κ2) is 28.7. The molecule has 222 valence electrons. The lowest BCUT2D eigenvalue weighted by Crippen LogP contribution is -2.32. The molecular formula is C23H45IN5O8P. The first-order chi connectivity index (χ1) is 18.1. The van der Waals surface area contributed by atoms with Gasteiger partial charge in [0.15, 0.2) is 23.0 Å². The van der Waals surface area contributed by atoms with Crippen molar-refractivity contribution < 1.29 is 36.9 Å². The maximum Gasteiger partial charge on any atom is 0.256 e. The highest BCUT2D eigenvalue weighted by molar-refractivity contribution is 14.1. The van der Waals surface area contributed by atoms with Crippen LogP contribution in [0, 0.1) is 11.3 Å². The topological polar surface area (TPSA) is 155 Å². The third kappa shape index (κ3) is 23.8. The van der Waals surface area contributed by atoms with Gasteiger partial charge in [-0.2, -0.15) is 8.48 Å². The minimum atomic E-state index is -1.55. The van der Waals surface area contributed by atoms with Crippen molar-refractivity contribution in [2.24, 2.45) is 4.99 Å². The summed E-state index contributed by atoms with van der Waals surface area (Å²) >= 11 is 1.59. The zero-order valence-electron chi connectivity index (χ0n) is 23.9. The van der Waals surface area contributed by atoms with Crippen molar-refractivity contribution in [3.63, 3.8) is 0 Å². The molecule has 2 amide bonds. The highest BCUT2D eigenvalue weighted by Crippen LogP contribution is 2.40. The third-order valence-corrected chi connectivity index (χ3v) is 6.01. The Hall–Kier alpha value is -1.28. The van der Waals surface area contributed by atoms with Gasteiger partial charge in [-0.1, -0.05) is 13.8 Å². The van der Waals surface area contributed by atoms with Crippen LogP contribution in [0.15, 0.2) is 17.3 Å². The van der Waals surface area contributed by atoms with Crippen molar-refractivity contribution in [2.75, 3.05) is 33.9 Å². The maximum absolute atomic E-state index is 11.0. The Labute approximate surface area is 243 Å². The molecule has 0 spiro atoms. The molecule has 2 atom stereocenters. The molecule has 0 aromatic heterocycles. The highest BCUT2D eigenvalue weighted by atomic mass is 127. The van der Waals surface area contributed by atoms with Crippen LogP contribution < -0.4 is 5.32 Å². The molecule has 0 radical (unpaired) electrons. The molecule has 1 unspecified atom stereocenters. The Kier molecular flexibility index (Phi) is 31.1. The molecule has 0 aliphatic heterocycles. The molecule has 0 rings (SSSR count). The molecule has 15 heteroatoms. The predicted molar refractivity (Wildman–Crippen MR) is 155 cm³/mol. The average Bonchev–Trinajstić information content (AvgIpc) is 2.87. The van der Waals surface area contributed by atoms with Gasteiger partial charge in [0.1, 0.15) is 18.5 Å². The summed E-state index contributed by atoms with van der Waals surface area (Å²) in [4.78, 5) is 51.3. The van der Waals surface area contributed by atoms with Crippen LogP contribution in [0.2, 0.25) is 0 Å². The van der Waals surface area contributed by atoms with Crippen molar-refractivity contribution in [1.82, 2.24) is 14.9 Å². The van der Waals surface area contributed by atoms with Crippen molar-refractivity contribution >= 4 is 49.7 Å². The molecule has 2 N–H and O–H groups in total. The number of hydrogen-bond acceptors (Lipinski definition) is 11. The molecule has 0 aliphatic carbocycles. The molecule has 0 saturated carbocycles. The Bertz CT molecular complexity index is 687. The van der Waals surface area contributed by atoms with E-state index in [2.05, 4.69) is 18.4 Å². The number of carbonyl (C=O) groups is 2. The highest BCUT2D eigenvalue weighted by Gasteiger charge is 2.23. The van der Waals surface area contributed by atoms with Gasteiger partial charge in [0.2, 0.25) is 12.3 Å². The fourth-order valence-electron chi connectivity index (χ4n) is 2.60. The Morgan fingerprint density at radius 2 is 1.87 bits per heavy atom. The second-order valence-corrected chi connectivity index (χ2v) is 9.12. The summed E-state index contributed by atoms with van der Waals surface area (Å²) in [6.07, 6.45) is 4.05. The SMILES string of the molecule is CC.CC(C)N(C(C)C)P(O)OCCC#N.CN=C(/C=C\N(C=O)CC[C@@H](COOI)OOC)NC(C)=O. The van der Waals surface area contributed by atoms with Gasteiger partial charge in [0, 0.05) is 38.8 Å². The normalized spacial score (nSPS) is 12.8. The van der Waals surface area contributed by atoms with Crippen molar-refractivity contribution in [3.8, 4) is 6.07 Å². The minimum absolute atomic E-state index is 0.154. The quantitative estimate of drug-likeness (QED) is 0.0337. The van der Waals surface area contributed by atoms with E-state index in [1.807, 2.05) is 52.3 Å². The molecule has 0 bridgehead atoms. The number of carbonyl (C=O) groups excluding carboxylic acids is 2. The number of hydrogen-bond donors (Lipinski definition) is 2. The van der Waals surface area contributed by atoms with Crippen LogP contribution in [0.1, 0.15) is 61.3 Å². The van der Waals surface area contributed by atoms with Crippen LogP contribution in [0.25, 0.3) is 0 Å². The number of halogens is 1. The zero-order chi connectivity index (χ0) is 29.9. The van der Waals surface area contributed by atoms with E-state index in [1.165, 1.54) is 38.3 Å². The van der Waals surface area contributed by atoms with Gasteiger partial charge in [0.05, 0.1) is 26.2 Å². The van der Waals surface area contributed by atoms with Crippen LogP contribution in [0.4, 0.5) is 0 Å². The molecule has 0 aliphatic rings. The van der Waals surface area contributed by atoms with Crippen LogP contribution >= 0.6 is 31.5 Å². The summed E-state index contributed by atoms with van der Waals surface area (Å²) in [6, 6.07) is 2.46. The molecule has 13 nitrogen and oxygen atoms in total. The van der Waals surface area contributed by atoms with E-state index in [1.54, 1.807) is 23.0 Å². The minimum Gasteiger partial charge on any atom is -0.338 e. The van der Waals surface area contributed by atoms with E-state index in [4.69, 9.17) is 19.6 Å². The molecule has 0 aromatic carbocycles. The number of rotatable bonds is 17. The maximum atomic E-state index is 11.0. The first-order valence-corrected chi connectivity index (χ1v) is 14.1. The summed E-state index contributed by atoms with van der Waals surface area (Å²) < 4.78 is 11.6. The van der Waals surface area contributed by atoms with Gasteiger partial charge < -0.3 is 19.6 Å². The number of amidine groups is 1. The van der Waals surface area contributed by atoms with Crippen molar-refractivity contribution in [1.29, 1.82) is 5.26 Å². The first-order valence-electron chi connectivity index (χ1n) is 12.1. The van der Waals surface area contributed by atoms with Crippen molar-refractivity contribution in [2.45, 2.75) is 79.5 Å². The fraction of sp³-hybridized carbons (Fsp3) is 0.739. The summed E-state index contributed by atoms with van der Waals surface area (Å²) in [5, 5.41) is 10.8. The summed E-state index contributed by atoms with van der Waals surface area (Å²) in [7, 11) is 1.36. The third-order valence-electron chi connectivity index (χ3n) is 4.02. The Morgan fingerprint density at radius 1 is 1.26 bits per heavy atom. The van der Waals surface area contributed by atoms with Crippen LogP contribution in [-0.2, 0) is 32.0 Å². The zero-order valence-corrected chi connectivity index (χ0v) is 27.0. The standard InChI is InChI=1S/C12H20IN3O6.C9H19N2O2P.C2H6/c1-10(18)15-12(14-2)5-7-16(9-17)6-4-11(21-19-3)8-20-22-13;1-8(2)11(9(3)4)14(12)13-7-5-6-10;1-2/h5,7,9,11H,4,6,8H2,1-3H3,(H,14,15,18);8-9,12H,5,7H2,1-4H3;1-2H3/b7-5-;;/t11-;;/m0../s1. The van der Waals surface area contributed by atoms with Gasteiger partial charge in [-0.25, -0.2) is 19.3 Å². The van der Waals surface area contributed by atoms with E-state index < -0.39 is 14.6 Å². The molecular weight excluding hydrogens is 632 g/mol. The first kappa shape index (κ1) is 41.2. The molecule has 0 fully saturated rings. The number of amides is 2. The summed E-state index contributed by atoms with van der Waals surface area (Å²) in [6.45, 7) is 14.2. The smallest absolute Gasteiger partial charge is 0.256 e. The Balaban J connectivity index is -0.000000659. The lowest BCUT2D eigenvalue weighted by atomic mass is 10.2. The van der Waals surface area contributed by atoms with E-state index in [9.17, 15) is 14.5 Å². The van der Waals surface area contributed by atoms with Gasteiger partial charge in [-0.15, -0.1) is 0 Å². The van der Waals surface area contributed by atoms with E-state index >= 15 is 0 Å². The Morgan fingerprint density at radius 3 is 2.29 bits per heavy atom. The van der Waals surface area contributed by atoms with Crippen molar-refractivity contribution in [3.05, 3.63) is 12.3 Å². The number of nitriles is 1. The van der Waals surface area contributed by atoms with Gasteiger partial charge in [-0.05, 0) is 40.2 Å². The number of nitrogens with one attached hydrogen (secondary N) is 1. The fourth-order valence-corrected chi connectivity index (χ4v) is 3.93. The van der Waals surface area contributed by atoms with E-state index in [0.717, 1.165) is 0 Å². The van der Waals surface area contributed by atoms with Gasteiger partial charge >= 0.3 is 0 Å². The lowest BCUT2D eigenvalue weighted by molar-refractivity contribution is -0.328. The number of nitrogens with zero attached hydrogens (tertiary/aromatic N) is 4. The molecule has 0 saturated heterocycles. The summed E-state index contributed by atoms with van der Waals surface area (Å²) in [5.41, 5.74) is 0. The molecule has 38 heavy (non-hydrogen) atoms. The van der Waals surface area contributed by atoms with Crippen LogP contribution in [0.5, 0.6) is 0 Å². The largest absolute Gasteiger partial charge is 0.338 e. The number of aliphatic imine (C=N–C) groups is 1.